The van der Waals surface area contributed by atoms with Crippen molar-refractivity contribution in [3.63, 3.8) is 0 Å². The maximum atomic E-state index is 13.1. The molecule has 0 aromatic carbocycles. The Morgan fingerprint density at radius 1 is 0.971 bits per heavy atom. The zero-order chi connectivity index (χ0) is 26.7. The number of likely N-dealkylation sites (tertiary alicyclic amines) is 1. The molecule has 11 N–H and O–H groups in total. The molecule has 0 bridgehead atoms. The molecule has 1 aliphatic heterocycles. The zero-order valence-corrected chi connectivity index (χ0v) is 18.9. The number of rotatable bonds is 14. The quantitative estimate of drug-likeness (QED) is 0.0650. The number of nitrogens with one attached hydrogen (secondary N) is 2. The highest BCUT2D eigenvalue weighted by atomic mass is 16.4. The van der Waals surface area contributed by atoms with Gasteiger partial charge in [-0.05, 0) is 25.7 Å². The Bertz CT molecular complexity index is 860. The molecule has 1 fully saturated rings. The van der Waals surface area contributed by atoms with Gasteiger partial charge in [0, 0.05) is 13.1 Å². The Balaban J connectivity index is 2.89. The number of carboxylic acid groups (broad SMARTS) is 3. The summed E-state index contributed by atoms with van der Waals surface area (Å²) in [5.74, 6) is -7.09. The van der Waals surface area contributed by atoms with Gasteiger partial charge in [0.15, 0.2) is 5.96 Å². The van der Waals surface area contributed by atoms with E-state index in [1.807, 2.05) is 0 Å². The minimum Gasteiger partial charge on any atom is -0.481 e. The second-order valence-corrected chi connectivity index (χ2v) is 7.90. The number of carbonyl (C=O) groups is 6. The van der Waals surface area contributed by atoms with E-state index in [-0.39, 0.29) is 31.9 Å². The van der Waals surface area contributed by atoms with Crippen LogP contribution in [-0.4, -0.2) is 99.1 Å². The third kappa shape index (κ3) is 9.83. The predicted octanol–water partition coefficient (Wildman–Crippen LogP) is -3.64. The molecule has 0 aliphatic carbocycles. The largest absolute Gasteiger partial charge is 0.481 e. The van der Waals surface area contributed by atoms with E-state index in [1.54, 1.807) is 0 Å². The van der Waals surface area contributed by atoms with Gasteiger partial charge >= 0.3 is 17.9 Å². The first kappa shape index (κ1) is 29.1. The van der Waals surface area contributed by atoms with Crippen LogP contribution in [-0.2, 0) is 28.8 Å². The fourth-order valence-electron chi connectivity index (χ4n) is 3.45. The molecule has 0 saturated carbocycles. The Morgan fingerprint density at radius 3 is 2.11 bits per heavy atom. The molecule has 3 amide bonds. The predicted molar refractivity (Wildman–Crippen MR) is 119 cm³/mol. The van der Waals surface area contributed by atoms with Crippen LogP contribution in [0.4, 0.5) is 0 Å². The maximum absolute atomic E-state index is 13.1. The molecule has 16 nitrogen and oxygen atoms in total. The third-order valence-corrected chi connectivity index (χ3v) is 5.13. The van der Waals surface area contributed by atoms with Crippen LogP contribution in [0.15, 0.2) is 4.99 Å². The van der Waals surface area contributed by atoms with Gasteiger partial charge in [-0.2, -0.15) is 0 Å². The second kappa shape index (κ2) is 13.7. The first-order valence-corrected chi connectivity index (χ1v) is 10.7. The minimum absolute atomic E-state index is 0.0458. The van der Waals surface area contributed by atoms with Crippen molar-refractivity contribution in [1.82, 2.24) is 15.5 Å². The Kier molecular flexibility index (Phi) is 11.4. The van der Waals surface area contributed by atoms with Gasteiger partial charge in [0.25, 0.3) is 0 Å². The number of nitrogens with two attached hydrogens (primary N) is 3. The van der Waals surface area contributed by atoms with E-state index < -0.39 is 72.6 Å². The number of amides is 3. The first-order valence-electron chi connectivity index (χ1n) is 10.7. The zero-order valence-electron chi connectivity index (χ0n) is 18.9. The summed E-state index contributed by atoms with van der Waals surface area (Å²) < 4.78 is 0. The molecule has 16 heteroatoms. The van der Waals surface area contributed by atoms with Gasteiger partial charge in [-0.15, -0.1) is 0 Å². The van der Waals surface area contributed by atoms with Crippen molar-refractivity contribution < 1.29 is 44.1 Å². The van der Waals surface area contributed by atoms with Crippen LogP contribution in [0.25, 0.3) is 0 Å². The normalized spacial score (nSPS) is 17.5. The van der Waals surface area contributed by atoms with Crippen molar-refractivity contribution in [3.05, 3.63) is 0 Å². The van der Waals surface area contributed by atoms with Gasteiger partial charge in [-0.1, -0.05) is 0 Å². The average Bonchev–Trinajstić information content (AvgIpc) is 3.24. The molecule has 0 spiro atoms. The molecule has 1 aliphatic rings. The second-order valence-electron chi connectivity index (χ2n) is 7.90. The standard InChI is InChI=1S/C19H31N7O9/c20-9(3-1-5-23-19(21)22)15(31)24-10(7-13(27)28)17(33)26-6-2-4-12(26)16(32)25-11(18(34)35)8-14(29)30/h9-12H,1-8,20H2,(H,24,31)(H,25,32)(H,27,28)(H,29,30)(H,34,35)(H4,21,22,23). The molecular weight excluding hydrogens is 470 g/mol. The molecule has 196 valence electrons. The van der Waals surface area contributed by atoms with E-state index in [4.69, 9.17) is 27.4 Å². The van der Waals surface area contributed by atoms with E-state index in [0.717, 1.165) is 4.90 Å². The summed E-state index contributed by atoms with van der Waals surface area (Å²) in [6.45, 7) is 0.259. The highest BCUT2D eigenvalue weighted by molar-refractivity contribution is 5.96. The van der Waals surface area contributed by atoms with E-state index in [9.17, 15) is 33.9 Å². The fourth-order valence-corrected chi connectivity index (χ4v) is 3.45. The summed E-state index contributed by atoms with van der Waals surface area (Å²) in [5, 5.41) is 31.5. The van der Waals surface area contributed by atoms with Gasteiger partial charge in [0.05, 0.1) is 18.9 Å². The highest BCUT2D eigenvalue weighted by Crippen LogP contribution is 2.20. The van der Waals surface area contributed by atoms with Crippen LogP contribution < -0.4 is 27.8 Å². The van der Waals surface area contributed by atoms with Crippen LogP contribution in [0.5, 0.6) is 0 Å². The minimum atomic E-state index is -1.72. The molecule has 0 aromatic rings. The molecule has 1 rings (SSSR count). The number of aliphatic imine (C=N–C) groups is 1. The van der Waals surface area contributed by atoms with E-state index in [2.05, 4.69) is 15.6 Å². The summed E-state index contributed by atoms with van der Waals surface area (Å²) in [7, 11) is 0. The molecule has 0 aromatic heterocycles. The Labute approximate surface area is 199 Å². The van der Waals surface area contributed by atoms with Crippen LogP contribution in [0.1, 0.15) is 38.5 Å². The summed E-state index contributed by atoms with van der Waals surface area (Å²) in [4.78, 5) is 76.3. The number of hydrogen-bond donors (Lipinski definition) is 8. The number of hydrogen-bond acceptors (Lipinski definition) is 8. The SMILES string of the molecule is NC(N)=NCCCC(N)C(=O)NC(CC(=O)O)C(=O)N1CCCC1C(=O)NC(CC(=O)O)C(=O)O. The third-order valence-electron chi connectivity index (χ3n) is 5.13. The van der Waals surface area contributed by atoms with Crippen LogP contribution in [0, 0.1) is 0 Å². The van der Waals surface area contributed by atoms with Gasteiger partial charge in [-0.25, -0.2) is 4.79 Å². The molecule has 4 unspecified atom stereocenters. The summed E-state index contributed by atoms with van der Waals surface area (Å²) >= 11 is 0. The van der Waals surface area contributed by atoms with Gasteiger partial charge in [0.1, 0.15) is 18.1 Å². The molecular formula is C19H31N7O9. The number of guanidine groups is 1. The monoisotopic (exact) mass is 501 g/mol. The fraction of sp³-hybridized carbons (Fsp3) is 0.632. The summed E-state index contributed by atoms with van der Waals surface area (Å²) in [6, 6.07) is -5.51. The number of carboxylic acids is 3. The average molecular weight is 501 g/mol. The lowest BCUT2D eigenvalue weighted by Crippen LogP contribution is -2.57. The smallest absolute Gasteiger partial charge is 0.326 e. The van der Waals surface area contributed by atoms with Crippen LogP contribution >= 0.6 is 0 Å². The van der Waals surface area contributed by atoms with Crippen LogP contribution in [0.3, 0.4) is 0 Å². The molecule has 4 atom stereocenters. The van der Waals surface area contributed by atoms with Gasteiger partial charge < -0.3 is 48.1 Å². The lowest BCUT2D eigenvalue weighted by Gasteiger charge is -2.29. The van der Waals surface area contributed by atoms with Crippen molar-refractivity contribution in [2.75, 3.05) is 13.1 Å². The highest BCUT2D eigenvalue weighted by Gasteiger charge is 2.40. The van der Waals surface area contributed by atoms with E-state index >= 15 is 0 Å². The van der Waals surface area contributed by atoms with Crippen molar-refractivity contribution in [1.29, 1.82) is 0 Å². The lowest BCUT2D eigenvalue weighted by atomic mass is 10.1. The number of aliphatic carboxylic acids is 3. The number of nitrogens with zero attached hydrogens (tertiary/aromatic N) is 2. The molecule has 1 heterocycles. The lowest BCUT2D eigenvalue weighted by molar-refractivity contribution is -0.149. The summed E-state index contributed by atoms with van der Waals surface area (Å²) in [6.07, 6.45) is -0.689. The van der Waals surface area contributed by atoms with Crippen molar-refractivity contribution in [2.45, 2.75) is 62.7 Å². The van der Waals surface area contributed by atoms with Gasteiger partial charge in [0.2, 0.25) is 17.7 Å². The summed E-state index contributed by atoms with van der Waals surface area (Å²) in [5.41, 5.74) is 16.2. The van der Waals surface area contributed by atoms with E-state index in [0.29, 0.717) is 12.8 Å². The Morgan fingerprint density at radius 2 is 1.57 bits per heavy atom. The first-order chi connectivity index (χ1) is 16.3. The van der Waals surface area contributed by atoms with Crippen molar-refractivity contribution in [3.8, 4) is 0 Å². The number of carbonyl (C=O) groups excluding carboxylic acids is 3. The Hall–Kier alpha value is -3.95. The topological polar surface area (TPSA) is 281 Å². The van der Waals surface area contributed by atoms with Gasteiger partial charge in [-0.3, -0.25) is 29.0 Å². The molecule has 0 radical (unpaired) electrons. The maximum Gasteiger partial charge on any atom is 0.326 e. The van der Waals surface area contributed by atoms with Crippen LogP contribution in [0.2, 0.25) is 0 Å². The van der Waals surface area contributed by atoms with E-state index in [1.165, 1.54) is 0 Å². The van der Waals surface area contributed by atoms with Crippen molar-refractivity contribution >= 4 is 41.6 Å². The van der Waals surface area contributed by atoms with Crippen molar-refractivity contribution in [2.24, 2.45) is 22.2 Å². The molecule has 35 heavy (non-hydrogen) atoms. The molecule has 1 saturated heterocycles.